The van der Waals surface area contributed by atoms with Gasteiger partial charge in [-0.1, -0.05) is 184 Å². The summed E-state index contributed by atoms with van der Waals surface area (Å²) in [6, 6.07) is 0. The van der Waals surface area contributed by atoms with E-state index in [1.165, 1.54) is 96.0 Å². The number of hydrogen-bond acceptors (Lipinski definition) is 8. The predicted molar refractivity (Wildman–Crippen MR) is 218 cm³/mol. The van der Waals surface area contributed by atoms with Gasteiger partial charge in [-0.15, -0.1) is 0 Å². The first-order chi connectivity index (χ1) is 25.7. The zero-order valence-corrected chi connectivity index (χ0v) is 33.8. The van der Waals surface area contributed by atoms with E-state index in [2.05, 4.69) is 13.8 Å². The van der Waals surface area contributed by atoms with E-state index in [1.807, 2.05) is 19.1 Å². The summed E-state index contributed by atoms with van der Waals surface area (Å²) in [4.78, 5) is 24.3. The molecular formula is C45H78O8. The quantitative estimate of drug-likeness (QED) is 0.0216. The highest BCUT2D eigenvalue weighted by molar-refractivity contribution is 5.70. The SMILES string of the molecule is CC/C=C\C[C@@H](O)/C=C/C=C/C=C\C=C/[C@H](O)[C@@H](O)CCCC(=O)OC[C@H](CO)OC(=O)CCCCCCCCCCCCCCCCCCC(C)C. The Morgan fingerprint density at radius 3 is 1.60 bits per heavy atom. The van der Waals surface area contributed by atoms with Crippen LogP contribution in [0.1, 0.15) is 168 Å². The summed E-state index contributed by atoms with van der Waals surface area (Å²) in [5, 5.41) is 39.7. The van der Waals surface area contributed by atoms with Crippen molar-refractivity contribution in [3.8, 4) is 0 Å². The largest absolute Gasteiger partial charge is 0.462 e. The average Bonchev–Trinajstić information content (AvgIpc) is 3.13. The molecule has 0 heterocycles. The number of rotatable bonds is 36. The fourth-order valence-corrected chi connectivity index (χ4v) is 5.79. The van der Waals surface area contributed by atoms with Gasteiger partial charge < -0.3 is 29.9 Å². The van der Waals surface area contributed by atoms with E-state index < -0.39 is 43.0 Å². The number of carbonyl (C=O) groups excluding carboxylic acids is 2. The third kappa shape index (κ3) is 36.2. The van der Waals surface area contributed by atoms with E-state index in [9.17, 15) is 30.0 Å². The third-order valence-electron chi connectivity index (χ3n) is 9.10. The minimum absolute atomic E-state index is 0.0280. The van der Waals surface area contributed by atoms with Crippen molar-refractivity contribution in [3.05, 3.63) is 60.8 Å². The summed E-state index contributed by atoms with van der Waals surface area (Å²) in [7, 11) is 0. The number of ether oxygens (including phenoxy) is 2. The minimum Gasteiger partial charge on any atom is -0.462 e. The monoisotopic (exact) mass is 747 g/mol. The van der Waals surface area contributed by atoms with Crippen LogP contribution in [0.2, 0.25) is 0 Å². The van der Waals surface area contributed by atoms with Crippen LogP contribution in [-0.4, -0.2) is 70.0 Å². The Labute approximate surface area is 323 Å². The van der Waals surface area contributed by atoms with Gasteiger partial charge in [-0.2, -0.15) is 0 Å². The number of hydrogen-bond donors (Lipinski definition) is 4. The van der Waals surface area contributed by atoms with Crippen molar-refractivity contribution in [2.75, 3.05) is 13.2 Å². The van der Waals surface area contributed by atoms with Gasteiger partial charge in [-0.05, 0) is 38.0 Å². The molecular weight excluding hydrogens is 668 g/mol. The van der Waals surface area contributed by atoms with Crippen molar-refractivity contribution in [2.24, 2.45) is 5.92 Å². The standard InChI is InChI=1S/C45H78O8/c1-4-5-24-31-40(47)32-26-21-18-19-22-27-33-42(48)43(49)34-29-36-44(50)52-38-41(37-46)53-45(51)35-28-23-17-15-13-11-9-7-6-8-10-12-14-16-20-25-30-39(2)3/h5,18-19,21-22,24,26-27,32-33,39-43,46-49H,4,6-17,20,23,25,28-31,34-38H2,1-3H3/b21-18+,22-19-,24-5-,32-26+,33-27-/t40-,41+,42+,43+/m1/s1. The topological polar surface area (TPSA) is 134 Å². The second-order valence-corrected chi connectivity index (χ2v) is 14.7. The summed E-state index contributed by atoms with van der Waals surface area (Å²) in [6.07, 6.45) is 38.1. The van der Waals surface area contributed by atoms with Gasteiger partial charge in [0.15, 0.2) is 6.10 Å². The summed E-state index contributed by atoms with van der Waals surface area (Å²) in [5.74, 6) is -0.0810. The number of aliphatic hydroxyl groups is 4. The lowest BCUT2D eigenvalue weighted by Gasteiger charge is -2.16. The van der Waals surface area contributed by atoms with Gasteiger partial charge in [0.2, 0.25) is 0 Å². The van der Waals surface area contributed by atoms with Gasteiger partial charge in [0.05, 0.1) is 24.9 Å². The van der Waals surface area contributed by atoms with Crippen molar-refractivity contribution in [1.29, 1.82) is 0 Å². The maximum absolute atomic E-state index is 12.2. The molecule has 0 saturated heterocycles. The van der Waals surface area contributed by atoms with Crippen LogP contribution in [0.5, 0.6) is 0 Å². The molecule has 0 unspecified atom stereocenters. The van der Waals surface area contributed by atoms with E-state index in [1.54, 1.807) is 42.5 Å². The summed E-state index contributed by atoms with van der Waals surface area (Å²) in [5.41, 5.74) is 0. The third-order valence-corrected chi connectivity index (χ3v) is 9.10. The predicted octanol–water partition coefficient (Wildman–Crippen LogP) is 9.95. The molecule has 0 saturated carbocycles. The Morgan fingerprint density at radius 2 is 1.08 bits per heavy atom. The number of aliphatic hydroxyl groups excluding tert-OH is 4. The molecule has 0 aromatic heterocycles. The van der Waals surface area contributed by atoms with Gasteiger partial charge in [0.25, 0.3) is 0 Å². The smallest absolute Gasteiger partial charge is 0.306 e. The van der Waals surface area contributed by atoms with Gasteiger partial charge in [-0.3, -0.25) is 9.59 Å². The highest BCUT2D eigenvalue weighted by Crippen LogP contribution is 2.16. The summed E-state index contributed by atoms with van der Waals surface area (Å²) in [6.45, 7) is 6.01. The minimum atomic E-state index is -1.09. The van der Waals surface area contributed by atoms with Crippen LogP contribution in [0.3, 0.4) is 0 Å². The van der Waals surface area contributed by atoms with E-state index in [4.69, 9.17) is 9.47 Å². The molecule has 8 nitrogen and oxygen atoms in total. The van der Waals surface area contributed by atoms with Crippen LogP contribution in [0.25, 0.3) is 0 Å². The van der Waals surface area contributed by atoms with Crippen molar-refractivity contribution < 1.29 is 39.5 Å². The first kappa shape index (κ1) is 50.5. The normalized spacial score (nSPS) is 14.7. The maximum atomic E-state index is 12.2. The van der Waals surface area contributed by atoms with E-state index in [0.717, 1.165) is 31.6 Å². The number of carbonyl (C=O) groups is 2. The van der Waals surface area contributed by atoms with Crippen molar-refractivity contribution in [1.82, 2.24) is 0 Å². The lowest BCUT2D eigenvalue weighted by Crippen LogP contribution is -2.28. The van der Waals surface area contributed by atoms with Gasteiger partial charge >= 0.3 is 11.9 Å². The molecule has 0 aliphatic carbocycles. The van der Waals surface area contributed by atoms with Gasteiger partial charge in [0.1, 0.15) is 6.61 Å². The lowest BCUT2D eigenvalue weighted by molar-refractivity contribution is -0.161. The Morgan fingerprint density at radius 1 is 0.585 bits per heavy atom. The Bertz CT molecular complexity index is 998. The Kier molecular flexibility index (Phi) is 36.0. The molecule has 0 aliphatic rings. The molecule has 0 radical (unpaired) electrons. The molecule has 4 N–H and O–H groups in total. The Hall–Kier alpha value is -2.52. The number of unbranched alkanes of at least 4 members (excludes halogenated alkanes) is 15. The Balaban J connectivity index is 3.84. The summed E-state index contributed by atoms with van der Waals surface area (Å²) >= 11 is 0. The van der Waals surface area contributed by atoms with Crippen molar-refractivity contribution in [2.45, 2.75) is 193 Å². The van der Waals surface area contributed by atoms with Crippen molar-refractivity contribution >= 4 is 11.9 Å². The van der Waals surface area contributed by atoms with Crippen LogP contribution in [0.4, 0.5) is 0 Å². The summed E-state index contributed by atoms with van der Waals surface area (Å²) < 4.78 is 10.5. The molecule has 0 bridgehead atoms. The second kappa shape index (κ2) is 37.8. The first-order valence-electron chi connectivity index (χ1n) is 21.0. The second-order valence-electron chi connectivity index (χ2n) is 14.7. The molecule has 4 atom stereocenters. The van der Waals surface area contributed by atoms with Crippen LogP contribution in [0, 0.1) is 5.92 Å². The van der Waals surface area contributed by atoms with E-state index >= 15 is 0 Å². The number of allylic oxidation sites excluding steroid dienone is 7. The number of esters is 2. The van der Waals surface area contributed by atoms with Gasteiger partial charge in [-0.25, -0.2) is 0 Å². The molecule has 0 aromatic carbocycles. The molecule has 0 fully saturated rings. The average molecular weight is 747 g/mol. The first-order valence-corrected chi connectivity index (χ1v) is 21.0. The highest BCUT2D eigenvalue weighted by atomic mass is 16.6. The molecule has 0 aliphatic heterocycles. The van der Waals surface area contributed by atoms with Crippen LogP contribution in [0.15, 0.2) is 60.8 Å². The van der Waals surface area contributed by atoms with E-state index in [0.29, 0.717) is 12.8 Å². The fraction of sp³-hybridized carbons (Fsp3) is 0.733. The lowest BCUT2D eigenvalue weighted by atomic mass is 10.0. The molecule has 53 heavy (non-hydrogen) atoms. The van der Waals surface area contributed by atoms with Crippen LogP contribution >= 0.6 is 0 Å². The molecule has 0 aromatic rings. The zero-order valence-electron chi connectivity index (χ0n) is 33.8. The molecule has 0 spiro atoms. The van der Waals surface area contributed by atoms with Crippen LogP contribution < -0.4 is 0 Å². The molecule has 0 amide bonds. The highest BCUT2D eigenvalue weighted by Gasteiger charge is 2.17. The molecule has 0 rings (SSSR count). The van der Waals surface area contributed by atoms with Crippen molar-refractivity contribution in [3.63, 3.8) is 0 Å². The van der Waals surface area contributed by atoms with Crippen LogP contribution in [-0.2, 0) is 19.1 Å². The maximum Gasteiger partial charge on any atom is 0.306 e. The molecule has 306 valence electrons. The van der Waals surface area contributed by atoms with Gasteiger partial charge in [0, 0.05) is 12.8 Å². The zero-order chi connectivity index (χ0) is 39.2. The van der Waals surface area contributed by atoms with E-state index in [-0.39, 0.29) is 25.9 Å². The fourth-order valence-electron chi connectivity index (χ4n) is 5.79. The molecule has 8 heteroatoms.